The van der Waals surface area contributed by atoms with Gasteiger partial charge in [-0.2, -0.15) is 13.2 Å². The lowest BCUT2D eigenvalue weighted by molar-refractivity contribution is -0.175. The van der Waals surface area contributed by atoms with Crippen LogP contribution in [0, 0.1) is 0 Å². The topological polar surface area (TPSA) is 92.7 Å². The van der Waals surface area contributed by atoms with E-state index < -0.39 is 42.9 Å². The van der Waals surface area contributed by atoms with Crippen molar-refractivity contribution in [3.8, 4) is 0 Å². The second kappa shape index (κ2) is 6.06. The Morgan fingerprint density at radius 1 is 1.35 bits per heavy atom. The van der Waals surface area contributed by atoms with Crippen LogP contribution in [0.3, 0.4) is 0 Å². The van der Waals surface area contributed by atoms with Crippen LogP contribution in [-0.4, -0.2) is 42.3 Å². The molecule has 6 nitrogen and oxygen atoms in total. The molecule has 0 unspecified atom stereocenters. The van der Waals surface area contributed by atoms with E-state index in [1.807, 2.05) is 0 Å². The summed E-state index contributed by atoms with van der Waals surface area (Å²) in [4.78, 5) is 31.7. The molecule has 0 heterocycles. The van der Waals surface area contributed by atoms with Gasteiger partial charge in [-0.3, -0.25) is 9.59 Å². The van der Waals surface area contributed by atoms with Crippen LogP contribution in [0.5, 0.6) is 0 Å². The number of amides is 1. The maximum absolute atomic E-state index is 11.9. The van der Waals surface area contributed by atoms with E-state index in [-0.39, 0.29) is 0 Å². The zero-order valence-corrected chi connectivity index (χ0v) is 8.71. The Balaban J connectivity index is 4.55. The first kappa shape index (κ1) is 15.2. The molecule has 0 rings (SSSR count). The Morgan fingerprint density at radius 3 is 2.24 bits per heavy atom. The van der Waals surface area contributed by atoms with Crippen molar-refractivity contribution in [1.82, 2.24) is 5.32 Å². The van der Waals surface area contributed by atoms with Crippen molar-refractivity contribution >= 4 is 17.8 Å². The molecule has 0 bridgehead atoms. The van der Waals surface area contributed by atoms with Gasteiger partial charge in [-0.15, -0.1) is 0 Å². The molecule has 0 aromatic carbocycles. The highest BCUT2D eigenvalue weighted by Gasteiger charge is 2.41. The number of carbonyl (C=O) groups excluding carboxylic acids is 2. The van der Waals surface area contributed by atoms with Gasteiger partial charge in [-0.25, -0.2) is 4.79 Å². The molecule has 17 heavy (non-hydrogen) atoms. The molecule has 98 valence electrons. The van der Waals surface area contributed by atoms with Crippen LogP contribution in [-0.2, 0) is 19.1 Å². The molecule has 0 saturated carbocycles. The largest absolute Gasteiger partial charge is 0.481 e. The molecule has 0 aromatic rings. The molecule has 0 aromatic heterocycles. The third-order valence-electron chi connectivity index (χ3n) is 1.70. The van der Waals surface area contributed by atoms with Crippen LogP contribution in [0.4, 0.5) is 13.2 Å². The first-order chi connectivity index (χ1) is 7.68. The molecule has 0 aliphatic heterocycles. The number of hydrogen-bond acceptors (Lipinski definition) is 4. The van der Waals surface area contributed by atoms with Gasteiger partial charge >= 0.3 is 24.0 Å². The number of carboxylic acid groups (broad SMARTS) is 1. The minimum absolute atomic E-state index is 0.482. The zero-order valence-electron chi connectivity index (χ0n) is 8.71. The second-order valence-corrected chi connectivity index (χ2v) is 2.98. The van der Waals surface area contributed by atoms with E-state index in [0.29, 0.717) is 0 Å². The van der Waals surface area contributed by atoms with Gasteiger partial charge in [0.05, 0.1) is 7.11 Å². The number of hydrogen-bond donors (Lipinski definition) is 2. The second-order valence-electron chi connectivity index (χ2n) is 2.98. The summed E-state index contributed by atoms with van der Waals surface area (Å²) in [5, 5.41) is 9.69. The average molecular weight is 257 g/mol. The van der Waals surface area contributed by atoms with E-state index in [1.165, 1.54) is 5.32 Å². The Labute approximate surface area is 93.7 Å². The summed E-state index contributed by atoms with van der Waals surface area (Å²) in [6.45, 7) is 0. The first-order valence-corrected chi connectivity index (χ1v) is 4.35. The van der Waals surface area contributed by atoms with Crippen LogP contribution in [0.25, 0.3) is 0 Å². The van der Waals surface area contributed by atoms with Crippen LogP contribution in [0.1, 0.15) is 12.8 Å². The Bertz CT molecular complexity index is 315. The van der Waals surface area contributed by atoms with Crippen molar-refractivity contribution < 1.29 is 37.4 Å². The van der Waals surface area contributed by atoms with Crippen molar-refractivity contribution in [2.24, 2.45) is 0 Å². The maximum Gasteiger partial charge on any atom is 0.471 e. The number of ether oxygens (including phenoxy) is 1. The first-order valence-electron chi connectivity index (χ1n) is 4.35. The maximum atomic E-state index is 11.9. The number of esters is 1. The minimum atomic E-state index is -5.14. The van der Waals surface area contributed by atoms with E-state index in [1.54, 1.807) is 0 Å². The summed E-state index contributed by atoms with van der Waals surface area (Å²) in [5.74, 6) is -4.76. The van der Waals surface area contributed by atoms with Crippen LogP contribution in [0.2, 0.25) is 0 Å². The lowest BCUT2D eigenvalue weighted by Crippen LogP contribution is -2.47. The molecule has 0 spiro atoms. The minimum Gasteiger partial charge on any atom is -0.481 e. The lowest BCUT2D eigenvalue weighted by Gasteiger charge is -2.16. The van der Waals surface area contributed by atoms with Crippen molar-refractivity contribution in [3.05, 3.63) is 0 Å². The molecule has 1 amide bonds. The number of alkyl halides is 3. The number of carbonyl (C=O) groups is 3. The monoisotopic (exact) mass is 257 g/mol. The summed E-state index contributed by atoms with van der Waals surface area (Å²) in [7, 11) is 0.913. The van der Waals surface area contributed by atoms with Crippen molar-refractivity contribution in [3.63, 3.8) is 0 Å². The predicted octanol–water partition coefficient (Wildman–Crippen LogP) is 0.0713. The van der Waals surface area contributed by atoms with Gasteiger partial charge < -0.3 is 15.2 Å². The van der Waals surface area contributed by atoms with Crippen molar-refractivity contribution in [1.29, 1.82) is 0 Å². The van der Waals surface area contributed by atoms with Gasteiger partial charge in [0.25, 0.3) is 0 Å². The third-order valence-corrected chi connectivity index (χ3v) is 1.70. The fraction of sp³-hybridized carbons (Fsp3) is 0.625. The number of rotatable bonds is 5. The van der Waals surface area contributed by atoms with E-state index >= 15 is 0 Å². The highest BCUT2D eigenvalue weighted by molar-refractivity contribution is 5.87. The third kappa shape index (κ3) is 5.73. The molecule has 0 aliphatic rings. The summed E-state index contributed by atoms with van der Waals surface area (Å²) in [6.07, 6.45) is -6.20. The normalized spacial score (nSPS) is 12.7. The molecule has 1 atom stereocenters. The molecule has 0 aliphatic carbocycles. The summed E-state index contributed by atoms with van der Waals surface area (Å²) in [5.41, 5.74) is 0. The molecule has 2 N–H and O–H groups in total. The Morgan fingerprint density at radius 2 is 1.88 bits per heavy atom. The Hall–Kier alpha value is -1.80. The Kier molecular flexibility index (Phi) is 5.42. The molecule has 0 fully saturated rings. The van der Waals surface area contributed by atoms with Crippen LogP contribution < -0.4 is 5.32 Å². The highest BCUT2D eigenvalue weighted by atomic mass is 19.4. The SMILES string of the molecule is COC(=O)[C@@H](CCC(=O)O)NC(=O)C(F)(F)F. The quantitative estimate of drug-likeness (QED) is 0.680. The van der Waals surface area contributed by atoms with E-state index in [0.717, 1.165) is 7.11 Å². The number of nitrogens with one attached hydrogen (secondary N) is 1. The van der Waals surface area contributed by atoms with Gasteiger partial charge in [0, 0.05) is 6.42 Å². The van der Waals surface area contributed by atoms with Crippen LogP contribution >= 0.6 is 0 Å². The van der Waals surface area contributed by atoms with Crippen LogP contribution in [0.15, 0.2) is 0 Å². The molecular weight excluding hydrogens is 247 g/mol. The highest BCUT2D eigenvalue weighted by Crippen LogP contribution is 2.15. The van der Waals surface area contributed by atoms with Gasteiger partial charge in [-0.1, -0.05) is 0 Å². The van der Waals surface area contributed by atoms with Crippen molar-refractivity contribution in [2.75, 3.05) is 7.11 Å². The fourth-order valence-corrected chi connectivity index (χ4v) is 0.899. The summed E-state index contributed by atoms with van der Waals surface area (Å²) in [6, 6.07) is -1.63. The predicted molar refractivity (Wildman–Crippen MR) is 46.9 cm³/mol. The lowest BCUT2D eigenvalue weighted by atomic mass is 10.1. The number of methoxy groups -OCH3 is 1. The summed E-state index contributed by atoms with van der Waals surface area (Å²) < 4.78 is 39.8. The van der Waals surface area contributed by atoms with Gasteiger partial charge in [0.15, 0.2) is 0 Å². The molecule has 0 radical (unpaired) electrons. The number of aliphatic carboxylic acids is 1. The molecular formula is C8H10F3NO5. The smallest absolute Gasteiger partial charge is 0.471 e. The standard InChI is InChI=1S/C8H10F3NO5/c1-17-6(15)4(2-3-5(13)14)12-7(16)8(9,10)11/h4H,2-3H2,1H3,(H,12,16)(H,13,14)/t4-/m1/s1. The van der Waals surface area contributed by atoms with E-state index in [9.17, 15) is 27.6 Å². The van der Waals surface area contributed by atoms with Crippen molar-refractivity contribution in [2.45, 2.75) is 25.1 Å². The number of halogens is 3. The van der Waals surface area contributed by atoms with Gasteiger partial charge in [-0.05, 0) is 6.42 Å². The molecule has 0 saturated heterocycles. The molecule has 9 heteroatoms. The summed E-state index contributed by atoms with van der Waals surface area (Å²) >= 11 is 0. The van der Waals surface area contributed by atoms with Gasteiger partial charge in [0.2, 0.25) is 0 Å². The fourth-order valence-electron chi connectivity index (χ4n) is 0.899. The van der Waals surface area contributed by atoms with Gasteiger partial charge in [0.1, 0.15) is 6.04 Å². The number of carboxylic acids is 1. The zero-order chi connectivity index (χ0) is 13.6. The van der Waals surface area contributed by atoms with E-state index in [2.05, 4.69) is 4.74 Å². The average Bonchev–Trinajstić information content (AvgIpc) is 2.20. The van der Waals surface area contributed by atoms with E-state index in [4.69, 9.17) is 5.11 Å².